The molecule has 104 valence electrons. The number of nitrogens with one attached hydrogen (secondary N) is 1. The minimum atomic E-state index is -1.14. The minimum Gasteiger partial charge on any atom is -0.480 e. The lowest BCUT2D eigenvalue weighted by Gasteiger charge is -2.29. The van der Waals surface area contributed by atoms with Crippen molar-refractivity contribution in [3.63, 3.8) is 0 Å². The quantitative estimate of drug-likeness (QED) is 0.604. The van der Waals surface area contributed by atoms with E-state index in [1.807, 2.05) is 0 Å². The lowest BCUT2D eigenvalue weighted by atomic mass is 9.95. The number of likely N-dealkylation sites (tertiary alicyclic amines) is 1. The van der Waals surface area contributed by atoms with Crippen molar-refractivity contribution in [2.75, 3.05) is 26.7 Å². The van der Waals surface area contributed by atoms with Crippen LogP contribution in [-0.2, 0) is 9.59 Å². The summed E-state index contributed by atoms with van der Waals surface area (Å²) >= 11 is 0. The summed E-state index contributed by atoms with van der Waals surface area (Å²) in [6.07, 6.45) is 3.20. The van der Waals surface area contributed by atoms with Crippen LogP contribution >= 0.6 is 0 Å². The van der Waals surface area contributed by atoms with E-state index in [1.165, 1.54) is 12.8 Å². The van der Waals surface area contributed by atoms with Gasteiger partial charge >= 0.3 is 5.97 Å². The number of nitrogens with zero attached hydrogens (tertiary/aromatic N) is 1. The van der Waals surface area contributed by atoms with Gasteiger partial charge in [0.25, 0.3) is 0 Å². The first-order valence-corrected chi connectivity index (χ1v) is 6.42. The third-order valence-corrected chi connectivity index (χ3v) is 3.32. The number of carbonyl (C=O) groups excluding carboxylic acids is 1. The highest BCUT2D eigenvalue weighted by atomic mass is 16.4. The normalized spacial score (nSPS) is 22.4. The van der Waals surface area contributed by atoms with Crippen molar-refractivity contribution in [1.82, 2.24) is 10.2 Å². The first-order valence-electron chi connectivity index (χ1n) is 6.42. The number of amides is 1. The summed E-state index contributed by atoms with van der Waals surface area (Å²) in [5.74, 6) is -0.801. The molecule has 1 aliphatic rings. The Hall–Kier alpha value is -1.14. The Morgan fingerprint density at radius 3 is 2.89 bits per heavy atom. The van der Waals surface area contributed by atoms with E-state index in [0.717, 1.165) is 19.5 Å². The monoisotopic (exact) mass is 257 g/mol. The molecule has 2 atom stereocenters. The lowest BCUT2D eigenvalue weighted by Crippen LogP contribution is -2.38. The molecule has 0 aromatic heterocycles. The molecule has 6 nitrogen and oxygen atoms in total. The number of hydrogen-bond acceptors (Lipinski definition) is 4. The van der Waals surface area contributed by atoms with Gasteiger partial charge in [-0.25, -0.2) is 0 Å². The van der Waals surface area contributed by atoms with Gasteiger partial charge in [0, 0.05) is 13.1 Å². The molecule has 0 bridgehead atoms. The summed E-state index contributed by atoms with van der Waals surface area (Å²) in [6, 6.07) is -1.11. The fourth-order valence-electron chi connectivity index (χ4n) is 2.28. The van der Waals surface area contributed by atoms with Crippen LogP contribution in [0.5, 0.6) is 0 Å². The highest BCUT2D eigenvalue weighted by molar-refractivity contribution is 5.84. The Morgan fingerprint density at radius 2 is 2.28 bits per heavy atom. The van der Waals surface area contributed by atoms with Gasteiger partial charge in [0.05, 0.1) is 6.42 Å². The van der Waals surface area contributed by atoms with Crippen LogP contribution in [0.4, 0.5) is 0 Å². The van der Waals surface area contributed by atoms with Crippen LogP contribution in [0.15, 0.2) is 0 Å². The van der Waals surface area contributed by atoms with Gasteiger partial charge in [-0.05, 0) is 38.8 Å². The Kier molecular flexibility index (Phi) is 6.07. The maximum atomic E-state index is 11.4. The van der Waals surface area contributed by atoms with Crippen molar-refractivity contribution in [2.24, 2.45) is 11.7 Å². The van der Waals surface area contributed by atoms with Gasteiger partial charge < -0.3 is 21.1 Å². The topological polar surface area (TPSA) is 95.7 Å². The van der Waals surface area contributed by atoms with Crippen LogP contribution in [0.3, 0.4) is 0 Å². The lowest BCUT2D eigenvalue weighted by molar-refractivity contribution is -0.140. The Morgan fingerprint density at radius 1 is 1.56 bits per heavy atom. The number of piperidine rings is 1. The molecule has 1 fully saturated rings. The van der Waals surface area contributed by atoms with Crippen molar-refractivity contribution < 1.29 is 14.7 Å². The summed E-state index contributed by atoms with van der Waals surface area (Å²) in [4.78, 5) is 24.2. The maximum absolute atomic E-state index is 11.4. The minimum absolute atomic E-state index is 0.153. The van der Waals surface area contributed by atoms with Gasteiger partial charge in [-0.2, -0.15) is 0 Å². The van der Waals surface area contributed by atoms with Crippen LogP contribution in [0, 0.1) is 5.92 Å². The standard InChI is InChI=1S/C12H23N3O3/c1-15-6-2-3-9(8-15)4-5-14-11(16)7-10(13)12(17)18/h9-10H,2-8,13H2,1H3,(H,14,16)(H,17,18). The Bertz CT molecular complexity index is 296. The van der Waals surface area contributed by atoms with Crippen molar-refractivity contribution in [1.29, 1.82) is 0 Å². The number of carbonyl (C=O) groups is 2. The molecule has 0 radical (unpaired) electrons. The molecule has 1 rings (SSSR count). The average molecular weight is 257 g/mol. The average Bonchev–Trinajstić information content (AvgIpc) is 2.28. The van der Waals surface area contributed by atoms with Crippen molar-refractivity contribution in [3.8, 4) is 0 Å². The second-order valence-electron chi connectivity index (χ2n) is 5.06. The highest BCUT2D eigenvalue weighted by Crippen LogP contribution is 2.17. The van der Waals surface area contributed by atoms with E-state index in [4.69, 9.17) is 10.8 Å². The fraction of sp³-hybridized carbons (Fsp3) is 0.833. The fourth-order valence-corrected chi connectivity index (χ4v) is 2.28. The van der Waals surface area contributed by atoms with Gasteiger partial charge in [-0.3, -0.25) is 9.59 Å². The second kappa shape index (κ2) is 7.33. The zero-order valence-electron chi connectivity index (χ0n) is 10.9. The summed E-state index contributed by atoms with van der Waals surface area (Å²) in [6.45, 7) is 2.82. The molecule has 1 saturated heterocycles. The predicted octanol–water partition coefficient (Wildman–Crippen LogP) is -0.363. The first kappa shape index (κ1) is 14.9. The zero-order chi connectivity index (χ0) is 13.5. The van der Waals surface area contributed by atoms with E-state index >= 15 is 0 Å². The number of hydrogen-bond donors (Lipinski definition) is 3. The molecule has 1 aliphatic heterocycles. The number of rotatable bonds is 6. The number of aliphatic carboxylic acids is 1. The van der Waals surface area contributed by atoms with Gasteiger partial charge in [-0.15, -0.1) is 0 Å². The van der Waals surface area contributed by atoms with Crippen LogP contribution in [0.25, 0.3) is 0 Å². The number of nitrogens with two attached hydrogens (primary N) is 1. The van der Waals surface area contributed by atoms with E-state index in [9.17, 15) is 9.59 Å². The number of carboxylic acid groups (broad SMARTS) is 1. The molecular weight excluding hydrogens is 234 g/mol. The van der Waals surface area contributed by atoms with Crippen LogP contribution < -0.4 is 11.1 Å². The van der Waals surface area contributed by atoms with Crippen LogP contribution in [0.1, 0.15) is 25.7 Å². The van der Waals surface area contributed by atoms with Crippen molar-refractivity contribution in [2.45, 2.75) is 31.7 Å². The zero-order valence-corrected chi connectivity index (χ0v) is 10.9. The molecule has 0 aromatic rings. The third-order valence-electron chi connectivity index (χ3n) is 3.32. The van der Waals surface area contributed by atoms with E-state index in [-0.39, 0.29) is 12.3 Å². The largest absolute Gasteiger partial charge is 0.480 e. The predicted molar refractivity (Wildman–Crippen MR) is 68.1 cm³/mol. The smallest absolute Gasteiger partial charge is 0.321 e. The molecule has 1 heterocycles. The third kappa shape index (κ3) is 5.46. The van der Waals surface area contributed by atoms with Gasteiger partial charge in [0.15, 0.2) is 0 Å². The Labute approximate surface area is 108 Å². The maximum Gasteiger partial charge on any atom is 0.321 e. The van der Waals surface area contributed by atoms with Crippen molar-refractivity contribution >= 4 is 11.9 Å². The van der Waals surface area contributed by atoms with E-state index in [1.54, 1.807) is 0 Å². The highest BCUT2D eigenvalue weighted by Gasteiger charge is 2.18. The van der Waals surface area contributed by atoms with Gasteiger partial charge in [-0.1, -0.05) is 0 Å². The SMILES string of the molecule is CN1CCCC(CCNC(=O)CC(N)C(=O)O)C1. The van der Waals surface area contributed by atoms with Gasteiger partial charge in [0.1, 0.15) is 6.04 Å². The summed E-state index contributed by atoms with van der Waals surface area (Å²) in [5, 5.41) is 11.3. The van der Waals surface area contributed by atoms with E-state index < -0.39 is 12.0 Å². The van der Waals surface area contributed by atoms with Crippen LogP contribution in [0.2, 0.25) is 0 Å². The molecule has 0 saturated carbocycles. The van der Waals surface area contributed by atoms with Crippen LogP contribution in [-0.4, -0.2) is 54.6 Å². The molecule has 1 amide bonds. The summed E-state index contributed by atoms with van der Waals surface area (Å²) in [7, 11) is 2.11. The Balaban J connectivity index is 2.13. The van der Waals surface area contributed by atoms with Gasteiger partial charge in [0.2, 0.25) is 5.91 Å². The van der Waals surface area contributed by atoms with Crippen molar-refractivity contribution in [3.05, 3.63) is 0 Å². The molecular formula is C12H23N3O3. The molecule has 0 aliphatic carbocycles. The second-order valence-corrected chi connectivity index (χ2v) is 5.06. The molecule has 0 aromatic carbocycles. The van der Waals surface area contributed by atoms with E-state index in [2.05, 4.69) is 17.3 Å². The summed E-state index contributed by atoms with van der Waals surface area (Å²) in [5.41, 5.74) is 5.28. The number of carboxylic acids is 1. The summed E-state index contributed by atoms with van der Waals surface area (Å²) < 4.78 is 0. The molecule has 18 heavy (non-hydrogen) atoms. The molecule has 2 unspecified atom stereocenters. The molecule has 0 spiro atoms. The first-order chi connectivity index (χ1) is 8.49. The van der Waals surface area contributed by atoms with E-state index in [0.29, 0.717) is 12.5 Å². The molecule has 6 heteroatoms. The molecule has 4 N–H and O–H groups in total.